The van der Waals surface area contributed by atoms with Crippen LogP contribution in [0.15, 0.2) is 40.1 Å². The van der Waals surface area contributed by atoms with Crippen molar-refractivity contribution in [3.63, 3.8) is 0 Å². The monoisotopic (exact) mass is 310 g/mol. The molecule has 0 aliphatic carbocycles. The van der Waals surface area contributed by atoms with Crippen molar-refractivity contribution in [3.8, 4) is 0 Å². The number of nitrogens with two attached hydrogens (primary N) is 1. The zero-order valence-electron chi connectivity index (χ0n) is 9.94. The standard InChI is InChI=1S/C10H9NO6S2.Be/c11-10-8-5-7(18(12,13)14)3-1-6(8)2-4-9(10)19(15,16)17;/h1-5H,11H2,(H,12,13,14)(H,15,16,17);/q;+2/p-2. The molecule has 0 amide bonds. The molecule has 0 spiro atoms. The van der Waals surface area contributed by atoms with Crippen molar-refractivity contribution in [2.24, 2.45) is 0 Å². The van der Waals surface area contributed by atoms with E-state index in [4.69, 9.17) is 5.73 Å². The van der Waals surface area contributed by atoms with Crippen molar-refractivity contribution in [3.05, 3.63) is 30.3 Å². The molecule has 2 aromatic carbocycles. The molecule has 20 heavy (non-hydrogen) atoms. The number of hydrogen-bond donors (Lipinski definition) is 1. The van der Waals surface area contributed by atoms with Crippen LogP contribution in [0.5, 0.6) is 0 Å². The Balaban J connectivity index is 0.00000200. The van der Waals surface area contributed by atoms with Gasteiger partial charge in [-0.25, -0.2) is 16.8 Å². The van der Waals surface area contributed by atoms with Gasteiger partial charge in [0.15, 0.2) is 0 Å². The van der Waals surface area contributed by atoms with Crippen LogP contribution < -0.4 is 5.73 Å². The summed E-state index contributed by atoms with van der Waals surface area (Å²) in [5.41, 5.74) is 5.16. The molecule has 2 rings (SSSR count). The van der Waals surface area contributed by atoms with Gasteiger partial charge in [0.1, 0.15) is 20.2 Å². The third kappa shape index (κ3) is 2.97. The second-order valence-electron chi connectivity index (χ2n) is 3.77. The van der Waals surface area contributed by atoms with Crippen LogP contribution in [0.1, 0.15) is 0 Å². The van der Waals surface area contributed by atoms with Gasteiger partial charge < -0.3 is 14.8 Å². The SMILES string of the molecule is Nc1c(S(=O)(=O)[O-])ccc2ccc(S(=O)(=O)[O-])cc12.[Be+2]. The van der Waals surface area contributed by atoms with Crippen LogP contribution in [0.3, 0.4) is 0 Å². The summed E-state index contributed by atoms with van der Waals surface area (Å²) in [6, 6.07) is 5.66. The Hall–Kier alpha value is -1.51. The predicted octanol–water partition coefficient (Wildman–Crippen LogP) is -0.151. The number of fused-ring (bicyclic) bond motifs is 1. The van der Waals surface area contributed by atoms with Crippen molar-refractivity contribution >= 4 is 46.8 Å². The number of rotatable bonds is 2. The van der Waals surface area contributed by atoms with E-state index in [2.05, 4.69) is 0 Å². The van der Waals surface area contributed by atoms with Gasteiger partial charge in [0.2, 0.25) is 0 Å². The first-order valence-electron chi connectivity index (χ1n) is 4.85. The summed E-state index contributed by atoms with van der Waals surface area (Å²) < 4.78 is 65.6. The molecule has 2 aromatic rings. The third-order valence-electron chi connectivity index (χ3n) is 2.55. The topological polar surface area (TPSA) is 140 Å². The maximum absolute atomic E-state index is 11.0. The Labute approximate surface area is 119 Å². The molecule has 7 nitrogen and oxygen atoms in total. The first kappa shape index (κ1) is 16.5. The summed E-state index contributed by atoms with van der Waals surface area (Å²) in [5.74, 6) is 0. The van der Waals surface area contributed by atoms with E-state index in [0.29, 0.717) is 5.39 Å². The molecule has 0 unspecified atom stereocenters. The fourth-order valence-electron chi connectivity index (χ4n) is 1.68. The molecule has 0 aliphatic heterocycles. The van der Waals surface area contributed by atoms with Crippen molar-refractivity contribution in [1.82, 2.24) is 0 Å². The average Bonchev–Trinajstić information content (AvgIpc) is 2.26. The number of nitrogen functional groups attached to an aromatic ring is 1. The fourth-order valence-corrected chi connectivity index (χ4v) is 2.79. The van der Waals surface area contributed by atoms with Crippen LogP contribution in [-0.2, 0) is 20.2 Å². The maximum Gasteiger partial charge on any atom is 2.00 e. The van der Waals surface area contributed by atoms with Crippen molar-refractivity contribution in [1.29, 1.82) is 0 Å². The molecule has 0 atom stereocenters. The average molecular weight is 310 g/mol. The normalized spacial score (nSPS) is 12.1. The molecule has 0 heterocycles. The van der Waals surface area contributed by atoms with Crippen LogP contribution in [-0.4, -0.2) is 36.1 Å². The van der Waals surface area contributed by atoms with Crippen LogP contribution in [0.4, 0.5) is 5.69 Å². The smallest absolute Gasteiger partial charge is 0.744 e. The Kier molecular flexibility index (Phi) is 4.23. The number of hydrogen-bond acceptors (Lipinski definition) is 7. The molecular weight excluding hydrogens is 303 g/mol. The second-order valence-corrected chi connectivity index (χ2v) is 6.50. The first-order chi connectivity index (χ1) is 8.60. The predicted molar refractivity (Wildman–Crippen MR) is 70.0 cm³/mol. The largest absolute Gasteiger partial charge is 2.00 e. The van der Waals surface area contributed by atoms with E-state index in [1.165, 1.54) is 12.1 Å². The molecule has 2 N–H and O–H groups in total. The summed E-state index contributed by atoms with van der Waals surface area (Å²) in [6.45, 7) is 0. The van der Waals surface area contributed by atoms with Crippen molar-refractivity contribution in [2.75, 3.05) is 5.73 Å². The molecular formula is C10H7BeNO6S2. The van der Waals surface area contributed by atoms with Gasteiger partial charge in [-0.1, -0.05) is 12.1 Å². The molecule has 0 radical (unpaired) electrons. The number of anilines is 1. The zero-order valence-corrected chi connectivity index (χ0v) is 11.6. The van der Waals surface area contributed by atoms with Gasteiger partial charge in [0.05, 0.1) is 15.5 Å². The van der Waals surface area contributed by atoms with Gasteiger partial charge in [-0.15, -0.1) is 0 Å². The van der Waals surface area contributed by atoms with Crippen LogP contribution in [0.25, 0.3) is 10.8 Å². The fraction of sp³-hybridized carbons (Fsp3) is 0. The van der Waals surface area contributed by atoms with Gasteiger partial charge in [-0.3, -0.25) is 0 Å². The molecule has 0 fully saturated rings. The van der Waals surface area contributed by atoms with Gasteiger partial charge in [-0.05, 0) is 23.6 Å². The van der Waals surface area contributed by atoms with E-state index in [1.54, 1.807) is 0 Å². The van der Waals surface area contributed by atoms with Crippen LogP contribution in [0.2, 0.25) is 0 Å². The van der Waals surface area contributed by atoms with Crippen molar-refractivity contribution in [2.45, 2.75) is 9.79 Å². The van der Waals surface area contributed by atoms with Crippen molar-refractivity contribution < 1.29 is 25.9 Å². The first-order valence-corrected chi connectivity index (χ1v) is 7.66. The molecule has 0 aliphatic rings. The second kappa shape index (κ2) is 5.12. The molecule has 0 bridgehead atoms. The van der Waals surface area contributed by atoms with E-state index in [0.717, 1.165) is 18.2 Å². The molecule has 102 valence electrons. The zero-order chi connectivity index (χ0) is 14.4. The summed E-state index contributed by atoms with van der Waals surface area (Å²) in [5, 5.41) is 0.436. The quantitative estimate of drug-likeness (QED) is 0.462. The van der Waals surface area contributed by atoms with E-state index >= 15 is 0 Å². The van der Waals surface area contributed by atoms with E-state index in [9.17, 15) is 25.9 Å². The summed E-state index contributed by atoms with van der Waals surface area (Å²) in [7, 11) is -9.47. The summed E-state index contributed by atoms with van der Waals surface area (Å²) in [6.07, 6.45) is 0. The third-order valence-corrected chi connectivity index (χ3v) is 4.28. The Bertz CT molecular complexity index is 871. The molecule has 10 heteroatoms. The summed E-state index contributed by atoms with van der Waals surface area (Å²) in [4.78, 5) is -1.20. The Morgan fingerprint density at radius 3 is 1.95 bits per heavy atom. The van der Waals surface area contributed by atoms with Crippen LogP contribution >= 0.6 is 0 Å². The van der Waals surface area contributed by atoms with Gasteiger partial charge in [0, 0.05) is 5.39 Å². The van der Waals surface area contributed by atoms with E-state index in [1.807, 2.05) is 0 Å². The number of benzene rings is 2. The molecule has 0 aromatic heterocycles. The van der Waals surface area contributed by atoms with Gasteiger partial charge >= 0.3 is 10.1 Å². The van der Waals surface area contributed by atoms with Gasteiger partial charge in [0.25, 0.3) is 0 Å². The van der Waals surface area contributed by atoms with Gasteiger partial charge in [-0.2, -0.15) is 0 Å². The maximum atomic E-state index is 11.0. The molecule has 0 saturated heterocycles. The summed E-state index contributed by atoms with van der Waals surface area (Å²) >= 11 is 0. The Morgan fingerprint density at radius 2 is 1.45 bits per heavy atom. The Morgan fingerprint density at radius 1 is 0.900 bits per heavy atom. The van der Waals surface area contributed by atoms with Crippen LogP contribution in [0, 0.1) is 0 Å². The minimum atomic E-state index is -4.78. The molecule has 0 saturated carbocycles. The van der Waals surface area contributed by atoms with E-state index in [-0.39, 0.29) is 21.2 Å². The minimum Gasteiger partial charge on any atom is -0.744 e. The van der Waals surface area contributed by atoms with E-state index < -0.39 is 30.0 Å². The minimum absolute atomic E-state index is 0.